The quantitative estimate of drug-likeness (QED) is 0.422. The van der Waals surface area contributed by atoms with Crippen LogP contribution in [0.5, 0.6) is 0 Å². The summed E-state index contributed by atoms with van der Waals surface area (Å²) in [6, 6.07) is 19.3. The van der Waals surface area contributed by atoms with Crippen LogP contribution < -0.4 is 10.6 Å². The van der Waals surface area contributed by atoms with E-state index in [1.807, 2.05) is 18.3 Å². The van der Waals surface area contributed by atoms with Crippen molar-refractivity contribution >= 4 is 32.8 Å². The molecule has 0 spiro atoms. The number of nitrogens with one attached hydrogen (secondary N) is 1. The summed E-state index contributed by atoms with van der Waals surface area (Å²) in [6.07, 6.45) is 1.87. The van der Waals surface area contributed by atoms with Crippen LogP contribution in [0.1, 0.15) is 24.1 Å². The highest BCUT2D eigenvalue weighted by Gasteiger charge is 2.25. The third-order valence-electron chi connectivity index (χ3n) is 6.37. The molecule has 0 aliphatic carbocycles. The van der Waals surface area contributed by atoms with E-state index >= 15 is 0 Å². The van der Waals surface area contributed by atoms with Crippen molar-refractivity contribution < 1.29 is 0 Å². The number of halogens is 1. The Kier molecular flexibility index (Phi) is 5.95. The van der Waals surface area contributed by atoms with Crippen LogP contribution in [0.3, 0.4) is 0 Å². The van der Waals surface area contributed by atoms with Gasteiger partial charge in [-0.2, -0.15) is 0 Å². The predicted molar refractivity (Wildman–Crippen MR) is 134 cm³/mol. The van der Waals surface area contributed by atoms with Crippen LogP contribution in [-0.2, 0) is 6.54 Å². The van der Waals surface area contributed by atoms with Crippen LogP contribution in [0.25, 0.3) is 22.6 Å². The average Bonchev–Trinajstić information content (AvgIpc) is 3.28. The zero-order valence-electron chi connectivity index (χ0n) is 18.1. The molecule has 7 heteroatoms. The number of nitrogens with two attached hydrogens (primary N) is 1. The van der Waals surface area contributed by atoms with Gasteiger partial charge in [-0.05, 0) is 34.0 Å². The number of nitrogens with zero attached hydrogens (tertiary/aromatic N) is 4. The van der Waals surface area contributed by atoms with Gasteiger partial charge < -0.3 is 15.6 Å². The Morgan fingerprint density at radius 1 is 1.03 bits per heavy atom. The van der Waals surface area contributed by atoms with Gasteiger partial charge >= 0.3 is 0 Å². The number of H-pyrrole nitrogens is 1. The first-order chi connectivity index (χ1) is 15.6. The summed E-state index contributed by atoms with van der Waals surface area (Å²) in [7, 11) is 0. The number of anilines is 1. The summed E-state index contributed by atoms with van der Waals surface area (Å²) in [4.78, 5) is 17.9. The van der Waals surface area contributed by atoms with Gasteiger partial charge in [0.25, 0.3) is 0 Å². The van der Waals surface area contributed by atoms with Crippen LogP contribution in [0.15, 0.2) is 65.3 Å². The second-order valence-corrected chi connectivity index (χ2v) is 9.10. The number of hydrogen-bond donors (Lipinski definition) is 2. The van der Waals surface area contributed by atoms with E-state index in [2.05, 4.69) is 85.1 Å². The van der Waals surface area contributed by atoms with Gasteiger partial charge in [-0.25, -0.2) is 9.97 Å². The van der Waals surface area contributed by atoms with Crippen LogP contribution in [0, 0.1) is 0 Å². The smallest absolute Gasteiger partial charge is 0.159 e. The normalized spacial score (nSPS) is 15.9. The monoisotopic (exact) mass is 490 g/mol. The molecule has 4 aromatic rings. The number of aromatic nitrogens is 3. The number of pyridine rings is 1. The minimum atomic E-state index is 0.410. The van der Waals surface area contributed by atoms with Crippen LogP contribution in [0.2, 0.25) is 0 Å². The van der Waals surface area contributed by atoms with Crippen molar-refractivity contribution in [1.29, 1.82) is 0 Å². The van der Waals surface area contributed by atoms with Crippen molar-refractivity contribution in [2.75, 3.05) is 31.1 Å². The van der Waals surface area contributed by atoms with Gasteiger partial charge in [0.2, 0.25) is 0 Å². The Bertz CT molecular complexity index is 1200. The lowest BCUT2D eigenvalue weighted by Crippen LogP contribution is -2.47. The SMILES string of the molecule is CC(c1ccccc1)N1CCN(c2c(Br)cnc3[nH]c(-c4ccc(CN)cc4)nc23)CC1. The predicted octanol–water partition coefficient (Wildman–Crippen LogP) is 4.73. The molecule has 1 unspecified atom stereocenters. The summed E-state index contributed by atoms with van der Waals surface area (Å²) >= 11 is 3.73. The molecular formula is C25H27BrN6. The van der Waals surface area contributed by atoms with E-state index in [4.69, 9.17) is 10.7 Å². The van der Waals surface area contributed by atoms with E-state index in [1.54, 1.807) is 0 Å². The first kappa shape index (κ1) is 21.1. The first-order valence-corrected chi connectivity index (χ1v) is 11.8. The van der Waals surface area contributed by atoms with Crippen LogP contribution in [-0.4, -0.2) is 46.0 Å². The van der Waals surface area contributed by atoms with E-state index in [9.17, 15) is 0 Å². The molecule has 5 rings (SSSR count). The van der Waals surface area contributed by atoms with Crippen molar-refractivity contribution in [2.24, 2.45) is 5.73 Å². The molecule has 164 valence electrons. The topological polar surface area (TPSA) is 74.1 Å². The number of hydrogen-bond acceptors (Lipinski definition) is 5. The van der Waals surface area contributed by atoms with Gasteiger partial charge in [0.05, 0.1) is 10.2 Å². The zero-order chi connectivity index (χ0) is 22.1. The molecule has 1 fully saturated rings. The molecule has 1 aliphatic heterocycles. The first-order valence-electron chi connectivity index (χ1n) is 11.0. The Hall–Kier alpha value is -2.74. The molecule has 2 aromatic carbocycles. The molecule has 1 aliphatic rings. The number of benzene rings is 2. The van der Waals surface area contributed by atoms with Crippen LogP contribution >= 0.6 is 15.9 Å². The molecule has 0 radical (unpaired) electrons. The summed E-state index contributed by atoms with van der Waals surface area (Å²) in [5, 5.41) is 0. The molecule has 0 amide bonds. The van der Waals surface area contributed by atoms with Gasteiger partial charge in [0.15, 0.2) is 5.65 Å². The van der Waals surface area contributed by atoms with E-state index in [0.29, 0.717) is 12.6 Å². The number of aromatic amines is 1. The highest BCUT2D eigenvalue weighted by molar-refractivity contribution is 9.10. The van der Waals surface area contributed by atoms with Crippen molar-refractivity contribution in [3.05, 3.63) is 76.4 Å². The van der Waals surface area contributed by atoms with Gasteiger partial charge in [-0.1, -0.05) is 54.6 Å². The maximum Gasteiger partial charge on any atom is 0.159 e. The molecule has 3 N–H and O–H groups in total. The number of piperazine rings is 1. The van der Waals surface area contributed by atoms with Crippen molar-refractivity contribution in [3.63, 3.8) is 0 Å². The highest BCUT2D eigenvalue weighted by Crippen LogP contribution is 2.35. The molecular weight excluding hydrogens is 464 g/mol. The molecule has 32 heavy (non-hydrogen) atoms. The average molecular weight is 491 g/mol. The van der Waals surface area contributed by atoms with Gasteiger partial charge in [-0.3, -0.25) is 4.90 Å². The second kappa shape index (κ2) is 9.02. The molecule has 0 bridgehead atoms. The molecule has 0 saturated carbocycles. The minimum absolute atomic E-state index is 0.410. The molecule has 1 saturated heterocycles. The summed E-state index contributed by atoms with van der Waals surface area (Å²) < 4.78 is 0.978. The summed E-state index contributed by atoms with van der Waals surface area (Å²) in [5.41, 5.74) is 12.1. The van der Waals surface area contributed by atoms with E-state index in [0.717, 1.165) is 64.5 Å². The van der Waals surface area contributed by atoms with Crippen molar-refractivity contribution in [3.8, 4) is 11.4 Å². The molecule has 6 nitrogen and oxygen atoms in total. The molecule has 3 heterocycles. The van der Waals surface area contributed by atoms with E-state index in [1.165, 1.54) is 5.56 Å². The lowest BCUT2D eigenvalue weighted by atomic mass is 10.1. The van der Waals surface area contributed by atoms with Gasteiger partial charge in [0, 0.05) is 50.5 Å². The summed E-state index contributed by atoms with van der Waals surface area (Å²) in [5.74, 6) is 0.826. The maximum absolute atomic E-state index is 5.73. The number of fused-ring (bicyclic) bond motifs is 1. The lowest BCUT2D eigenvalue weighted by Gasteiger charge is -2.39. The van der Waals surface area contributed by atoms with Gasteiger partial charge in [0.1, 0.15) is 11.3 Å². The fourth-order valence-electron chi connectivity index (χ4n) is 4.43. The summed E-state index contributed by atoms with van der Waals surface area (Å²) in [6.45, 7) is 6.73. The Balaban J connectivity index is 1.39. The maximum atomic E-state index is 5.73. The highest BCUT2D eigenvalue weighted by atomic mass is 79.9. The fraction of sp³-hybridized carbons (Fsp3) is 0.280. The number of imidazole rings is 1. The largest absolute Gasteiger partial charge is 0.366 e. The standard InChI is InChI=1S/C25H27BrN6/c1-17(19-5-3-2-4-6-19)31-11-13-32(14-12-31)23-21(26)16-28-25-22(23)29-24(30-25)20-9-7-18(15-27)8-10-20/h2-10,16-17H,11-15,27H2,1H3,(H,28,29,30). The molecule has 2 aromatic heterocycles. The van der Waals surface area contributed by atoms with Gasteiger partial charge in [-0.15, -0.1) is 0 Å². The lowest BCUT2D eigenvalue weighted by molar-refractivity contribution is 0.198. The Morgan fingerprint density at radius 2 is 1.75 bits per heavy atom. The fourth-order valence-corrected chi connectivity index (χ4v) is 4.97. The van der Waals surface area contributed by atoms with E-state index < -0.39 is 0 Å². The van der Waals surface area contributed by atoms with Crippen LogP contribution in [0.4, 0.5) is 5.69 Å². The number of rotatable bonds is 5. The second-order valence-electron chi connectivity index (χ2n) is 8.25. The minimum Gasteiger partial charge on any atom is -0.366 e. The molecule has 1 atom stereocenters. The Labute approximate surface area is 196 Å². The third kappa shape index (κ3) is 4.03. The van der Waals surface area contributed by atoms with Crippen molar-refractivity contribution in [2.45, 2.75) is 19.5 Å². The Morgan fingerprint density at radius 3 is 2.44 bits per heavy atom. The third-order valence-corrected chi connectivity index (χ3v) is 6.95. The zero-order valence-corrected chi connectivity index (χ0v) is 19.7. The van der Waals surface area contributed by atoms with Crippen molar-refractivity contribution in [1.82, 2.24) is 19.9 Å². The van der Waals surface area contributed by atoms with E-state index in [-0.39, 0.29) is 0 Å².